The summed E-state index contributed by atoms with van der Waals surface area (Å²) in [6, 6.07) is 0.156. The van der Waals surface area contributed by atoms with Crippen LogP contribution in [0, 0.1) is 25.7 Å². The fourth-order valence-electron chi connectivity index (χ4n) is 4.07. The van der Waals surface area contributed by atoms with Crippen LogP contribution >= 0.6 is 0 Å². The lowest BCUT2D eigenvalue weighted by atomic mass is 9.78. The van der Waals surface area contributed by atoms with Crippen LogP contribution in [0.4, 0.5) is 5.95 Å². The Morgan fingerprint density at radius 1 is 1.24 bits per heavy atom. The van der Waals surface area contributed by atoms with Gasteiger partial charge in [0, 0.05) is 23.9 Å². The van der Waals surface area contributed by atoms with Gasteiger partial charge in [-0.3, -0.25) is 9.59 Å². The average Bonchev–Trinajstić information content (AvgIpc) is 3.04. The fraction of sp³-hybridized carbons (Fsp3) is 0.650. The van der Waals surface area contributed by atoms with E-state index in [2.05, 4.69) is 34.2 Å². The highest BCUT2D eigenvalue weighted by Crippen LogP contribution is 2.29. The predicted octanol–water partition coefficient (Wildman–Crippen LogP) is 1.74. The number of amides is 1. The van der Waals surface area contributed by atoms with Crippen LogP contribution in [0.25, 0.3) is 5.78 Å². The van der Waals surface area contributed by atoms with Crippen LogP contribution in [0.3, 0.4) is 0 Å². The predicted molar refractivity (Wildman–Crippen MR) is 108 cm³/mol. The molecule has 1 fully saturated rings. The van der Waals surface area contributed by atoms with Gasteiger partial charge in [0.15, 0.2) is 6.61 Å². The number of carbonyl (C=O) groups excluding carboxylic acids is 2. The monoisotopic (exact) mass is 402 g/mol. The van der Waals surface area contributed by atoms with Gasteiger partial charge in [-0.15, -0.1) is 5.10 Å². The molecule has 1 amide bonds. The van der Waals surface area contributed by atoms with Gasteiger partial charge in [-0.1, -0.05) is 26.7 Å². The summed E-state index contributed by atoms with van der Waals surface area (Å²) in [4.78, 5) is 32.8. The molecule has 0 saturated heterocycles. The number of ether oxygens (including phenoxy) is 1. The Kier molecular flexibility index (Phi) is 6.34. The largest absolute Gasteiger partial charge is 0.456 e. The molecule has 2 aromatic rings. The van der Waals surface area contributed by atoms with E-state index in [1.807, 2.05) is 13.8 Å². The van der Waals surface area contributed by atoms with E-state index in [1.54, 1.807) is 4.52 Å². The molecule has 3 atom stereocenters. The lowest BCUT2D eigenvalue weighted by Crippen LogP contribution is -2.45. The van der Waals surface area contributed by atoms with Crippen molar-refractivity contribution in [2.75, 3.05) is 12.3 Å². The van der Waals surface area contributed by atoms with Crippen LogP contribution in [0.1, 0.15) is 56.5 Å². The second-order valence-corrected chi connectivity index (χ2v) is 8.04. The Hall–Kier alpha value is -2.71. The molecule has 158 valence electrons. The lowest BCUT2D eigenvalue weighted by molar-refractivity contribution is -0.148. The zero-order valence-corrected chi connectivity index (χ0v) is 17.6. The number of esters is 1. The minimum Gasteiger partial charge on any atom is -0.456 e. The number of hydrogen-bond acceptors (Lipinski definition) is 7. The normalized spacial score (nSPS) is 21.9. The molecule has 0 radical (unpaired) electrons. The molecule has 1 saturated carbocycles. The van der Waals surface area contributed by atoms with Crippen molar-refractivity contribution < 1.29 is 14.3 Å². The number of carbonyl (C=O) groups is 2. The van der Waals surface area contributed by atoms with E-state index in [0.717, 1.165) is 29.8 Å². The number of fused-ring (bicyclic) bond motifs is 1. The van der Waals surface area contributed by atoms with Crippen LogP contribution < -0.4 is 11.1 Å². The minimum absolute atomic E-state index is 0.156. The Morgan fingerprint density at radius 2 is 2.00 bits per heavy atom. The van der Waals surface area contributed by atoms with Crippen molar-refractivity contribution in [3.8, 4) is 0 Å². The minimum atomic E-state index is -0.415. The third-order valence-electron chi connectivity index (χ3n) is 6.06. The quantitative estimate of drug-likeness (QED) is 0.705. The summed E-state index contributed by atoms with van der Waals surface area (Å²) in [7, 11) is 0. The molecule has 1 aliphatic carbocycles. The number of rotatable bonds is 6. The van der Waals surface area contributed by atoms with Crippen molar-refractivity contribution in [3.05, 3.63) is 17.0 Å². The van der Waals surface area contributed by atoms with Crippen LogP contribution in [0.5, 0.6) is 0 Å². The van der Waals surface area contributed by atoms with Gasteiger partial charge >= 0.3 is 5.97 Å². The molecule has 29 heavy (non-hydrogen) atoms. The molecule has 0 aliphatic heterocycles. The van der Waals surface area contributed by atoms with Crippen molar-refractivity contribution >= 4 is 23.6 Å². The van der Waals surface area contributed by atoms with E-state index in [1.165, 1.54) is 6.42 Å². The molecule has 1 aliphatic rings. The molecular weight excluding hydrogens is 372 g/mol. The summed E-state index contributed by atoms with van der Waals surface area (Å²) in [6.07, 6.45) is 3.89. The number of hydrogen-bond donors (Lipinski definition) is 2. The molecule has 2 aromatic heterocycles. The lowest BCUT2D eigenvalue weighted by Gasteiger charge is -2.34. The maximum absolute atomic E-state index is 12.2. The van der Waals surface area contributed by atoms with E-state index < -0.39 is 5.97 Å². The fourth-order valence-corrected chi connectivity index (χ4v) is 4.07. The van der Waals surface area contributed by atoms with Crippen molar-refractivity contribution in [1.82, 2.24) is 24.9 Å². The van der Waals surface area contributed by atoms with Crippen molar-refractivity contribution in [1.29, 1.82) is 0 Å². The number of nitrogen functional groups attached to an aromatic ring is 1. The maximum atomic E-state index is 12.2. The van der Waals surface area contributed by atoms with Gasteiger partial charge in [-0.2, -0.15) is 9.50 Å². The second kappa shape index (κ2) is 8.75. The first kappa shape index (κ1) is 21.0. The first-order valence-corrected chi connectivity index (χ1v) is 10.2. The highest BCUT2D eigenvalue weighted by atomic mass is 16.5. The van der Waals surface area contributed by atoms with Gasteiger partial charge in [0.05, 0.1) is 0 Å². The van der Waals surface area contributed by atoms with E-state index in [-0.39, 0.29) is 30.9 Å². The van der Waals surface area contributed by atoms with E-state index >= 15 is 0 Å². The molecule has 0 unspecified atom stereocenters. The third-order valence-corrected chi connectivity index (χ3v) is 6.06. The number of aryl methyl sites for hydroxylation is 2. The summed E-state index contributed by atoms with van der Waals surface area (Å²) in [6.45, 7) is 7.88. The van der Waals surface area contributed by atoms with Crippen LogP contribution in [-0.2, 0) is 20.7 Å². The van der Waals surface area contributed by atoms with Gasteiger partial charge in [-0.05, 0) is 44.1 Å². The number of aromatic nitrogens is 4. The summed E-state index contributed by atoms with van der Waals surface area (Å²) in [5, 5.41) is 7.13. The van der Waals surface area contributed by atoms with Gasteiger partial charge in [0.2, 0.25) is 5.95 Å². The molecule has 0 bridgehead atoms. The summed E-state index contributed by atoms with van der Waals surface area (Å²) >= 11 is 0. The molecule has 0 spiro atoms. The topological polar surface area (TPSA) is 124 Å². The van der Waals surface area contributed by atoms with Crippen molar-refractivity contribution in [3.63, 3.8) is 0 Å². The van der Waals surface area contributed by atoms with Crippen LogP contribution in [-0.4, -0.2) is 44.1 Å². The Labute approximate surface area is 170 Å². The van der Waals surface area contributed by atoms with E-state index in [4.69, 9.17) is 10.5 Å². The molecule has 2 heterocycles. The number of nitrogens with zero attached hydrogens (tertiary/aromatic N) is 4. The Balaban J connectivity index is 1.50. The van der Waals surface area contributed by atoms with Gasteiger partial charge in [-0.25, -0.2) is 4.98 Å². The van der Waals surface area contributed by atoms with Crippen molar-refractivity contribution in [2.45, 2.75) is 65.8 Å². The van der Waals surface area contributed by atoms with E-state index in [0.29, 0.717) is 24.0 Å². The van der Waals surface area contributed by atoms with Gasteiger partial charge in [0.25, 0.3) is 11.7 Å². The molecule has 0 aromatic carbocycles. The zero-order valence-electron chi connectivity index (χ0n) is 17.6. The standard InChI is InChI=1S/C20H30N6O3/c1-11-6-5-7-16(12(11)2)23-17(27)10-29-18(28)9-8-15-13(3)22-20-24-19(21)25-26(20)14(15)4/h11-12,16H,5-10H2,1-4H3,(H2,21,25)(H,23,27)/t11-,12-,16-/m0/s1. The average molecular weight is 402 g/mol. The highest BCUT2D eigenvalue weighted by molar-refractivity contribution is 5.80. The SMILES string of the molecule is Cc1nc2nc(N)nn2c(C)c1CCC(=O)OCC(=O)N[C@H]1CCC[C@H](C)[C@@H]1C. The molecular formula is C20H30N6O3. The van der Waals surface area contributed by atoms with E-state index in [9.17, 15) is 9.59 Å². The second-order valence-electron chi connectivity index (χ2n) is 8.04. The Morgan fingerprint density at radius 3 is 2.76 bits per heavy atom. The summed E-state index contributed by atoms with van der Waals surface area (Å²) < 4.78 is 6.75. The number of nitrogens with two attached hydrogens (primary N) is 1. The first-order valence-electron chi connectivity index (χ1n) is 10.2. The number of nitrogens with one attached hydrogen (secondary N) is 1. The Bertz CT molecular complexity index is 909. The summed E-state index contributed by atoms with van der Waals surface area (Å²) in [5.41, 5.74) is 8.14. The van der Waals surface area contributed by atoms with Crippen molar-refractivity contribution in [2.24, 2.45) is 11.8 Å². The molecule has 3 rings (SSSR count). The molecule has 9 nitrogen and oxygen atoms in total. The highest BCUT2D eigenvalue weighted by Gasteiger charge is 2.28. The maximum Gasteiger partial charge on any atom is 0.306 e. The smallest absolute Gasteiger partial charge is 0.306 e. The first-order chi connectivity index (χ1) is 13.8. The third kappa shape index (κ3) is 4.83. The van der Waals surface area contributed by atoms with Crippen LogP contribution in [0.2, 0.25) is 0 Å². The molecule has 3 N–H and O–H groups in total. The summed E-state index contributed by atoms with van der Waals surface area (Å²) in [5.74, 6) is 0.966. The number of anilines is 1. The molecule has 9 heteroatoms. The van der Waals surface area contributed by atoms with Gasteiger partial charge < -0.3 is 15.8 Å². The zero-order chi connectivity index (χ0) is 21.1. The van der Waals surface area contributed by atoms with Crippen LogP contribution in [0.15, 0.2) is 0 Å². The van der Waals surface area contributed by atoms with Gasteiger partial charge in [0.1, 0.15) is 0 Å².